The predicted molar refractivity (Wildman–Crippen MR) is 54.8 cm³/mol. The molecule has 80 valence electrons. The molecule has 0 fully saturated rings. The lowest BCUT2D eigenvalue weighted by Crippen LogP contribution is -2.37. The highest BCUT2D eigenvalue weighted by Crippen LogP contribution is 2.18. The Morgan fingerprint density at radius 2 is 2.00 bits per heavy atom. The molecule has 1 atom stereocenters. The minimum Gasteiger partial charge on any atom is -0.350 e. The second kappa shape index (κ2) is 6.35. The molecule has 3 nitrogen and oxygen atoms in total. The van der Waals surface area contributed by atoms with Gasteiger partial charge in [0.15, 0.2) is 5.79 Å². The first-order chi connectivity index (χ1) is 6.04. The van der Waals surface area contributed by atoms with Gasteiger partial charge in [-0.2, -0.15) is 0 Å². The molecule has 0 bridgehead atoms. The summed E-state index contributed by atoms with van der Waals surface area (Å²) < 4.78 is 11.3. The zero-order valence-corrected chi connectivity index (χ0v) is 9.52. The van der Waals surface area contributed by atoms with E-state index in [9.17, 15) is 0 Å². The third-order valence-electron chi connectivity index (χ3n) is 1.76. The lowest BCUT2D eigenvalue weighted by molar-refractivity contribution is -0.242. The first-order valence-corrected chi connectivity index (χ1v) is 5.00. The summed E-state index contributed by atoms with van der Waals surface area (Å²) in [5, 5.41) is 3.10. The largest absolute Gasteiger partial charge is 0.350 e. The SMILES string of the molecule is CCOC(C)(CCNC)OC(C)C. The Bertz CT molecular complexity index is 128. The number of rotatable bonds is 7. The quantitative estimate of drug-likeness (QED) is 0.619. The summed E-state index contributed by atoms with van der Waals surface area (Å²) in [7, 11) is 1.93. The molecule has 0 spiro atoms. The molecule has 0 heterocycles. The van der Waals surface area contributed by atoms with E-state index >= 15 is 0 Å². The van der Waals surface area contributed by atoms with Crippen molar-refractivity contribution in [3.05, 3.63) is 0 Å². The van der Waals surface area contributed by atoms with Gasteiger partial charge in [0.1, 0.15) is 0 Å². The molecule has 0 aliphatic rings. The molecule has 0 aromatic heterocycles. The topological polar surface area (TPSA) is 30.5 Å². The maximum Gasteiger partial charge on any atom is 0.167 e. The van der Waals surface area contributed by atoms with Crippen molar-refractivity contribution in [2.75, 3.05) is 20.2 Å². The average molecular weight is 189 g/mol. The highest BCUT2D eigenvalue weighted by atomic mass is 16.7. The molecule has 0 aromatic rings. The molecule has 1 unspecified atom stereocenters. The summed E-state index contributed by atoms with van der Waals surface area (Å²) in [6, 6.07) is 0. The van der Waals surface area contributed by atoms with Crippen LogP contribution in [0.1, 0.15) is 34.1 Å². The zero-order chi connectivity index (χ0) is 10.3. The van der Waals surface area contributed by atoms with Crippen molar-refractivity contribution >= 4 is 0 Å². The van der Waals surface area contributed by atoms with Crippen molar-refractivity contribution < 1.29 is 9.47 Å². The van der Waals surface area contributed by atoms with Gasteiger partial charge in [-0.15, -0.1) is 0 Å². The fourth-order valence-electron chi connectivity index (χ4n) is 1.32. The highest BCUT2D eigenvalue weighted by molar-refractivity contribution is 4.65. The fraction of sp³-hybridized carbons (Fsp3) is 1.00. The second-order valence-electron chi connectivity index (χ2n) is 3.59. The van der Waals surface area contributed by atoms with Crippen LogP contribution < -0.4 is 5.32 Å². The smallest absolute Gasteiger partial charge is 0.167 e. The van der Waals surface area contributed by atoms with E-state index in [-0.39, 0.29) is 6.10 Å². The highest BCUT2D eigenvalue weighted by Gasteiger charge is 2.25. The molecule has 0 rings (SSSR count). The van der Waals surface area contributed by atoms with Gasteiger partial charge in [-0.25, -0.2) is 0 Å². The van der Waals surface area contributed by atoms with Gasteiger partial charge in [0.25, 0.3) is 0 Å². The fourth-order valence-corrected chi connectivity index (χ4v) is 1.32. The van der Waals surface area contributed by atoms with Gasteiger partial charge in [-0.3, -0.25) is 0 Å². The summed E-state index contributed by atoms with van der Waals surface area (Å²) >= 11 is 0. The standard InChI is InChI=1S/C10H23NO2/c1-6-12-10(4,7-8-11-5)13-9(2)3/h9,11H,6-8H2,1-5H3. The Labute approximate surface area is 81.8 Å². The van der Waals surface area contributed by atoms with Crippen LogP contribution in [0.2, 0.25) is 0 Å². The van der Waals surface area contributed by atoms with Gasteiger partial charge in [0, 0.05) is 13.0 Å². The van der Waals surface area contributed by atoms with Crippen LogP contribution in [-0.4, -0.2) is 32.1 Å². The van der Waals surface area contributed by atoms with Gasteiger partial charge in [-0.1, -0.05) is 0 Å². The summed E-state index contributed by atoms with van der Waals surface area (Å²) in [6.45, 7) is 9.62. The summed E-state index contributed by atoms with van der Waals surface area (Å²) in [6.07, 6.45) is 1.07. The van der Waals surface area contributed by atoms with Crippen molar-refractivity contribution in [3.63, 3.8) is 0 Å². The molecule has 0 radical (unpaired) electrons. The van der Waals surface area contributed by atoms with Crippen molar-refractivity contribution in [1.29, 1.82) is 0 Å². The number of ether oxygens (including phenoxy) is 2. The van der Waals surface area contributed by atoms with E-state index in [2.05, 4.69) is 5.32 Å². The van der Waals surface area contributed by atoms with E-state index in [0.29, 0.717) is 6.61 Å². The van der Waals surface area contributed by atoms with Gasteiger partial charge in [0.05, 0.1) is 6.10 Å². The Morgan fingerprint density at radius 1 is 1.38 bits per heavy atom. The van der Waals surface area contributed by atoms with E-state index in [1.807, 2.05) is 34.7 Å². The summed E-state index contributed by atoms with van der Waals surface area (Å²) in [5.74, 6) is -0.439. The van der Waals surface area contributed by atoms with Gasteiger partial charge in [-0.05, 0) is 41.3 Å². The second-order valence-corrected chi connectivity index (χ2v) is 3.59. The molecule has 1 N–H and O–H groups in total. The molecular formula is C10H23NO2. The summed E-state index contributed by atoms with van der Waals surface area (Å²) in [4.78, 5) is 0. The number of hydrogen-bond acceptors (Lipinski definition) is 3. The van der Waals surface area contributed by atoms with Crippen molar-refractivity contribution in [1.82, 2.24) is 5.32 Å². The molecule has 3 heteroatoms. The summed E-state index contributed by atoms with van der Waals surface area (Å²) in [5.41, 5.74) is 0. The Hall–Kier alpha value is -0.120. The van der Waals surface area contributed by atoms with Crippen molar-refractivity contribution in [2.24, 2.45) is 0 Å². The van der Waals surface area contributed by atoms with Crippen LogP contribution in [0.4, 0.5) is 0 Å². The van der Waals surface area contributed by atoms with Crippen LogP contribution in [0.5, 0.6) is 0 Å². The molecule has 0 saturated carbocycles. The van der Waals surface area contributed by atoms with Crippen LogP contribution in [0.15, 0.2) is 0 Å². The van der Waals surface area contributed by atoms with Crippen LogP contribution in [0.25, 0.3) is 0 Å². The molecular weight excluding hydrogens is 166 g/mol. The Balaban J connectivity index is 3.99. The molecule has 0 saturated heterocycles. The lowest BCUT2D eigenvalue weighted by atomic mass is 10.2. The van der Waals surface area contributed by atoms with E-state index < -0.39 is 5.79 Å². The first kappa shape index (κ1) is 12.9. The normalized spacial score (nSPS) is 16.2. The van der Waals surface area contributed by atoms with Crippen molar-refractivity contribution in [3.8, 4) is 0 Å². The molecule has 0 aliphatic carbocycles. The minimum absolute atomic E-state index is 0.202. The third kappa shape index (κ3) is 6.02. The van der Waals surface area contributed by atoms with E-state index in [0.717, 1.165) is 13.0 Å². The molecule has 0 amide bonds. The molecule has 0 aliphatic heterocycles. The minimum atomic E-state index is -0.439. The van der Waals surface area contributed by atoms with E-state index in [1.54, 1.807) is 0 Å². The van der Waals surface area contributed by atoms with E-state index in [1.165, 1.54) is 0 Å². The molecule has 13 heavy (non-hydrogen) atoms. The Morgan fingerprint density at radius 3 is 2.38 bits per heavy atom. The zero-order valence-electron chi connectivity index (χ0n) is 9.52. The molecule has 0 aromatic carbocycles. The maximum atomic E-state index is 5.72. The third-order valence-corrected chi connectivity index (χ3v) is 1.76. The Kier molecular flexibility index (Phi) is 6.29. The van der Waals surface area contributed by atoms with Crippen LogP contribution in [-0.2, 0) is 9.47 Å². The average Bonchev–Trinajstić information content (AvgIpc) is 2.00. The van der Waals surface area contributed by atoms with Crippen LogP contribution in [0.3, 0.4) is 0 Å². The van der Waals surface area contributed by atoms with Crippen LogP contribution >= 0.6 is 0 Å². The first-order valence-electron chi connectivity index (χ1n) is 5.00. The number of nitrogens with one attached hydrogen (secondary N) is 1. The maximum absolute atomic E-state index is 5.72. The number of hydrogen-bond donors (Lipinski definition) is 1. The van der Waals surface area contributed by atoms with Gasteiger partial charge >= 0.3 is 0 Å². The van der Waals surface area contributed by atoms with Crippen LogP contribution in [0, 0.1) is 0 Å². The van der Waals surface area contributed by atoms with Crippen molar-refractivity contribution in [2.45, 2.75) is 46.0 Å². The van der Waals surface area contributed by atoms with E-state index in [4.69, 9.17) is 9.47 Å². The predicted octanol–water partition coefficient (Wildman–Crippen LogP) is 1.77. The monoisotopic (exact) mass is 189 g/mol. The van der Waals surface area contributed by atoms with Gasteiger partial charge in [0.2, 0.25) is 0 Å². The lowest BCUT2D eigenvalue weighted by Gasteiger charge is -2.31. The van der Waals surface area contributed by atoms with Gasteiger partial charge < -0.3 is 14.8 Å².